The van der Waals surface area contributed by atoms with E-state index < -0.39 is 24.3 Å². The molecule has 1 rings (SSSR count). The Hall–Kier alpha value is -1.85. The van der Waals surface area contributed by atoms with Crippen molar-refractivity contribution in [2.24, 2.45) is 4.99 Å². The number of hydrogen-bond donors (Lipinski definition) is 0. The molecule has 0 fully saturated rings. The third-order valence-corrected chi connectivity index (χ3v) is 2.49. The van der Waals surface area contributed by atoms with Crippen molar-refractivity contribution in [3.63, 3.8) is 0 Å². The molecule has 3 nitrogen and oxygen atoms in total. The van der Waals surface area contributed by atoms with E-state index in [1.165, 1.54) is 6.07 Å². The van der Waals surface area contributed by atoms with E-state index in [1.807, 2.05) is 0 Å². The first-order valence-corrected chi connectivity index (χ1v) is 5.62. The highest BCUT2D eigenvalue weighted by molar-refractivity contribution is 5.93. The molecule has 0 aliphatic carbocycles. The molecule has 0 amide bonds. The summed E-state index contributed by atoms with van der Waals surface area (Å²) in [6, 6.07) is 6.50. The Morgan fingerprint density at radius 3 is 2.42 bits per heavy atom. The Labute approximate surface area is 109 Å². The number of carbonyl (C=O) groups excluding carboxylic acids is 1. The topological polar surface area (TPSA) is 38.7 Å². The molecule has 0 atom stereocenters. The van der Waals surface area contributed by atoms with Gasteiger partial charge in [0.25, 0.3) is 0 Å². The van der Waals surface area contributed by atoms with E-state index >= 15 is 0 Å². The summed E-state index contributed by atoms with van der Waals surface area (Å²) in [5.74, 6) is -0.693. The number of benzene rings is 1. The number of para-hydroxylation sites is 1. The molecule has 0 spiro atoms. The van der Waals surface area contributed by atoms with Crippen molar-refractivity contribution in [1.29, 1.82) is 0 Å². The van der Waals surface area contributed by atoms with Crippen molar-refractivity contribution in [3.8, 4) is 0 Å². The molecule has 0 bridgehead atoms. The van der Waals surface area contributed by atoms with Crippen molar-refractivity contribution in [1.82, 2.24) is 0 Å². The highest BCUT2D eigenvalue weighted by Gasteiger charge is 2.35. The van der Waals surface area contributed by atoms with Gasteiger partial charge < -0.3 is 4.74 Å². The largest absolute Gasteiger partial charge is 0.469 e. The number of hydrogen-bond acceptors (Lipinski definition) is 3. The van der Waals surface area contributed by atoms with Crippen molar-refractivity contribution in [2.75, 3.05) is 7.11 Å². The summed E-state index contributed by atoms with van der Waals surface area (Å²) in [5, 5.41) is 0. The fourth-order valence-corrected chi connectivity index (χ4v) is 1.42. The Balaban J connectivity index is 2.98. The van der Waals surface area contributed by atoms with E-state index in [9.17, 15) is 18.0 Å². The van der Waals surface area contributed by atoms with Crippen LogP contribution in [0.4, 0.5) is 18.9 Å². The summed E-state index contributed by atoms with van der Waals surface area (Å²) < 4.78 is 42.8. The monoisotopic (exact) mass is 273 g/mol. The third kappa shape index (κ3) is 4.73. The normalized spacial score (nSPS) is 12.4. The summed E-state index contributed by atoms with van der Waals surface area (Å²) in [4.78, 5) is 14.5. The molecule has 0 aliphatic heterocycles. The van der Waals surface area contributed by atoms with Gasteiger partial charge >= 0.3 is 12.1 Å². The molecule has 0 saturated carbocycles. The van der Waals surface area contributed by atoms with Crippen LogP contribution in [-0.2, 0) is 9.53 Å². The van der Waals surface area contributed by atoms with E-state index in [2.05, 4.69) is 9.73 Å². The number of rotatable bonds is 4. The second-order valence-corrected chi connectivity index (χ2v) is 3.92. The van der Waals surface area contributed by atoms with Crippen molar-refractivity contribution >= 4 is 17.4 Å². The quantitative estimate of drug-likeness (QED) is 0.621. The lowest BCUT2D eigenvalue weighted by atomic mass is 10.1. The fourth-order valence-electron chi connectivity index (χ4n) is 1.42. The predicted octanol–water partition coefficient (Wildman–Crippen LogP) is 3.58. The first-order chi connectivity index (χ1) is 8.84. The Morgan fingerprint density at radius 2 is 1.89 bits per heavy atom. The molecule has 0 N–H and O–H groups in total. The molecule has 6 heteroatoms. The summed E-state index contributed by atoms with van der Waals surface area (Å²) in [7, 11) is 1.13. The van der Waals surface area contributed by atoms with E-state index in [1.54, 1.807) is 25.1 Å². The molecule has 1 aromatic rings. The molecule has 0 heterocycles. The fraction of sp³-hybridized carbons (Fsp3) is 0.385. The Kier molecular flexibility index (Phi) is 5.09. The van der Waals surface area contributed by atoms with Crippen LogP contribution in [0.5, 0.6) is 0 Å². The lowest BCUT2D eigenvalue weighted by molar-refractivity contribution is -0.140. The van der Waals surface area contributed by atoms with Gasteiger partial charge in [0.1, 0.15) is 5.71 Å². The van der Waals surface area contributed by atoms with Gasteiger partial charge in [-0.05, 0) is 18.6 Å². The van der Waals surface area contributed by atoms with Gasteiger partial charge in [-0.3, -0.25) is 4.79 Å². The van der Waals surface area contributed by atoms with Gasteiger partial charge in [-0.1, -0.05) is 18.2 Å². The average Bonchev–Trinajstić information content (AvgIpc) is 2.34. The molecular formula is C13H14F3NO2. The molecular weight excluding hydrogens is 259 g/mol. The summed E-state index contributed by atoms with van der Waals surface area (Å²) in [6.45, 7) is 1.67. The van der Waals surface area contributed by atoms with Gasteiger partial charge in [-0.25, -0.2) is 4.99 Å². The number of nitrogens with zero attached hydrogens (tertiary/aromatic N) is 1. The number of carbonyl (C=O) groups is 1. The zero-order valence-electron chi connectivity index (χ0n) is 10.6. The standard InChI is InChI=1S/C13H14F3NO2/c1-9-5-3-4-6-10(9)17-11(13(14,15)16)7-8-12(18)19-2/h3-6H,7-8H2,1-2H3. The summed E-state index contributed by atoms with van der Waals surface area (Å²) in [6.07, 6.45) is -5.40. The lowest BCUT2D eigenvalue weighted by Gasteiger charge is -2.11. The van der Waals surface area contributed by atoms with Gasteiger partial charge in [0, 0.05) is 6.42 Å². The van der Waals surface area contributed by atoms with E-state index in [0.717, 1.165) is 7.11 Å². The maximum absolute atomic E-state index is 12.8. The van der Waals surface area contributed by atoms with Gasteiger partial charge in [0.05, 0.1) is 19.2 Å². The zero-order chi connectivity index (χ0) is 14.5. The molecule has 19 heavy (non-hydrogen) atoms. The molecule has 0 saturated heterocycles. The van der Waals surface area contributed by atoms with Gasteiger partial charge in [0.2, 0.25) is 0 Å². The van der Waals surface area contributed by atoms with Gasteiger partial charge in [0.15, 0.2) is 0 Å². The van der Waals surface area contributed by atoms with Crippen LogP contribution >= 0.6 is 0 Å². The van der Waals surface area contributed by atoms with Gasteiger partial charge in [-0.15, -0.1) is 0 Å². The van der Waals surface area contributed by atoms with E-state index in [4.69, 9.17) is 0 Å². The smallest absolute Gasteiger partial charge is 0.429 e. The lowest BCUT2D eigenvalue weighted by Crippen LogP contribution is -2.23. The first-order valence-electron chi connectivity index (χ1n) is 5.62. The van der Waals surface area contributed by atoms with Crippen LogP contribution in [0, 0.1) is 6.92 Å². The highest BCUT2D eigenvalue weighted by atomic mass is 19.4. The SMILES string of the molecule is COC(=O)CCC(=Nc1ccccc1C)C(F)(F)F. The minimum absolute atomic E-state index is 0.250. The minimum atomic E-state index is -4.56. The number of esters is 1. The number of ether oxygens (including phenoxy) is 1. The number of halogens is 3. The van der Waals surface area contributed by atoms with E-state index in [0.29, 0.717) is 5.56 Å². The molecule has 1 aromatic carbocycles. The van der Waals surface area contributed by atoms with Crippen molar-refractivity contribution in [2.45, 2.75) is 25.9 Å². The van der Waals surface area contributed by atoms with Gasteiger partial charge in [-0.2, -0.15) is 13.2 Å². The molecule has 0 aliphatic rings. The van der Waals surface area contributed by atoms with Crippen LogP contribution < -0.4 is 0 Å². The average molecular weight is 273 g/mol. The first kappa shape index (κ1) is 15.2. The molecule has 0 unspecified atom stereocenters. The van der Waals surface area contributed by atoms with Crippen LogP contribution in [-0.4, -0.2) is 25.0 Å². The van der Waals surface area contributed by atoms with E-state index in [-0.39, 0.29) is 12.1 Å². The Morgan fingerprint density at radius 1 is 1.26 bits per heavy atom. The number of alkyl halides is 3. The highest BCUT2D eigenvalue weighted by Crippen LogP contribution is 2.26. The van der Waals surface area contributed by atoms with Crippen LogP contribution in [0.2, 0.25) is 0 Å². The molecule has 0 aromatic heterocycles. The molecule has 104 valence electrons. The maximum Gasteiger partial charge on any atom is 0.429 e. The number of methoxy groups -OCH3 is 1. The second kappa shape index (κ2) is 6.36. The second-order valence-electron chi connectivity index (χ2n) is 3.92. The minimum Gasteiger partial charge on any atom is -0.469 e. The van der Waals surface area contributed by atoms with Crippen LogP contribution in [0.25, 0.3) is 0 Å². The van der Waals surface area contributed by atoms with Crippen molar-refractivity contribution in [3.05, 3.63) is 29.8 Å². The van der Waals surface area contributed by atoms with Crippen LogP contribution in [0.15, 0.2) is 29.3 Å². The summed E-state index contributed by atoms with van der Waals surface area (Å²) in [5.41, 5.74) is -0.0887. The predicted molar refractivity (Wildman–Crippen MR) is 65.6 cm³/mol. The zero-order valence-corrected chi connectivity index (χ0v) is 10.6. The van der Waals surface area contributed by atoms with Crippen LogP contribution in [0.1, 0.15) is 18.4 Å². The summed E-state index contributed by atoms with van der Waals surface area (Å²) >= 11 is 0. The van der Waals surface area contributed by atoms with Crippen LogP contribution in [0.3, 0.4) is 0 Å². The Bertz CT molecular complexity index is 481. The van der Waals surface area contributed by atoms with Crippen molar-refractivity contribution < 1.29 is 22.7 Å². The number of aryl methyl sites for hydroxylation is 1. The third-order valence-electron chi connectivity index (χ3n) is 2.49. The molecule has 0 radical (unpaired) electrons. The maximum atomic E-state index is 12.8. The number of aliphatic imine (C=N–C) groups is 1.